The number of fused-ring (bicyclic) bond motifs is 2. The van der Waals surface area contributed by atoms with Crippen LogP contribution in [0.1, 0.15) is 119 Å². The van der Waals surface area contributed by atoms with E-state index in [1.807, 2.05) is 13.8 Å². The molecule has 0 fully saturated rings. The van der Waals surface area contributed by atoms with Crippen molar-refractivity contribution in [1.82, 2.24) is 10.5 Å². The van der Waals surface area contributed by atoms with Crippen molar-refractivity contribution in [3.63, 3.8) is 0 Å². The first-order valence-electron chi connectivity index (χ1n) is 20.6. The van der Waals surface area contributed by atoms with Crippen LogP contribution in [0.4, 0.5) is 0 Å². The fourth-order valence-corrected chi connectivity index (χ4v) is 30.1. The van der Waals surface area contributed by atoms with Crippen LogP contribution >= 0.6 is 17.0 Å². The van der Waals surface area contributed by atoms with E-state index in [1.54, 1.807) is 0 Å². The number of aryl methyl sites for hydroxylation is 2. The number of hydrogen-bond acceptors (Lipinski definition) is 2. The summed E-state index contributed by atoms with van der Waals surface area (Å²) in [6.07, 6.45) is 6.95. The number of amides is 2. The third kappa shape index (κ3) is 7.15. The minimum atomic E-state index is -6.07. The van der Waals surface area contributed by atoms with Gasteiger partial charge in [-0.25, -0.2) is 0 Å². The molecule has 2 N–H and O–H groups in total. The Morgan fingerprint density at radius 3 is 1.32 bits per heavy atom. The van der Waals surface area contributed by atoms with Crippen molar-refractivity contribution >= 4 is 45.5 Å². The Labute approximate surface area is 344 Å². The summed E-state index contributed by atoms with van der Waals surface area (Å²) >= 11 is -6.07. The predicted octanol–water partition coefficient (Wildman–Crippen LogP) is 13.0. The van der Waals surface area contributed by atoms with Gasteiger partial charge in [0.25, 0.3) is 0 Å². The number of allylic oxidation sites excluding steroid dienone is 2. The molecule has 2 aliphatic rings. The van der Waals surface area contributed by atoms with E-state index >= 15 is 0 Å². The van der Waals surface area contributed by atoms with Crippen LogP contribution in [-0.4, -0.2) is 16.3 Å². The Morgan fingerprint density at radius 1 is 0.607 bits per heavy atom. The summed E-state index contributed by atoms with van der Waals surface area (Å²) in [5.74, 6) is -0.125. The van der Waals surface area contributed by atoms with Gasteiger partial charge in [-0.2, -0.15) is 0 Å². The first-order chi connectivity index (χ1) is 26.6. The second-order valence-corrected chi connectivity index (χ2v) is 37.8. The molecule has 0 heterocycles. The van der Waals surface area contributed by atoms with Gasteiger partial charge in [0.1, 0.15) is 0 Å². The summed E-state index contributed by atoms with van der Waals surface area (Å²) in [4.78, 5) is 27.6. The number of hydrogen-bond donors (Lipinski definition) is 2. The van der Waals surface area contributed by atoms with Crippen molar-refractivity contribution in [3.05, 3.63) is 128 Å². The van der Waals surface area contributed by atoms with Crippen LogP contribution in [-0.2, 0) is 25.8 Å². The summed E-state index contributed by atoms with van der Waals surface area (Å²) in [5, 5.41) is 6.63. The zero-order chi connectivity index (χ0) is 40.7. The zero-order valence-electron chi connectivity index (χ0n) is 34.9. The zero-order valence-corrected chi connectivity index (χ0v) is 38.8. The Kier molecular flexibility index (Phi) is 12.6. The van der Waals surface area contributed by atoms with Crippen molar-refractivity contribution in [1.29, 1.82) is 0 Å². The van der Waals surface area contributed by atoms with E-state index in [1.165, 1.54) is 44.5 Å². The molecule has 8 heteroatoms. The van der Waals surface area contributed by atoms with Crippen LogP contribution in [0.2, 0.25) is 0 Å². The molecule has 56 heavy (non-hydrogen) atoms. The number of nitrogens with one attached hydrogen (secondary N) is 2. The summed E-state index contributed by atoms with van der Waals surface area (Å²) in [6, 6.07) is 26.1. The molecule has 2 amide bonds. The maximum absolute atomic E-state index is 13.8. The predicted molar refractivity (Wildman–Crippen MR) is 237 cm³/mol. The van der Waals surface area contributed by atoms with Gasteiger partial charge in [0, 0.05) is 0 Å². The topological polar surface area (TPSA) is 58.2 Å². The van der Waals surface area contributed by atoms with Gasteiger partial charge in [0.05, 0.1) is 0 Å². The fraction of sp³-hybridized carbons (Fsp3) is 0.375. The Hall–Kier alpha value is -3.17. The van der Waals surface area contributed by atoms with Gasteiger partial charge in [0.15, 0.2) is 0 Å². The van der Waals surface area contributed by atoms with Crippen LogP contribution in [0.15, 0.2) is 83.9 Å². The molecule has 0 aliphatic heterocycles. The van der Waals surface area contributed by atoms with Crippen molar-refractivity contribution < 1.29 is 25.8 Å². The number of halogens is 2. The molecule has 4 unspecified atom stereocenters. The van der Waals surface area contributed by atoms with Gasteiger partial charge in [-0.05, 0) is 0 Å². The first kappa shape index (κ1) is 42.4. The molecule has 0 saturated heterocycles. The quantitative estimate of drug-likeness (QED) is 0.132. The number of rotatable bonds is 13. The molecule has 4 nitrogen and oxygen atoms in total. The molecule has 0 radical (unpaired) electrons. The van der Waals surface area contributed by atoms with Gasteiger partial charge in [-0.1, -0.05) is 0 Å². The van der Waals surface area contributed by atoms with E-state index in [0.29, 0.717) is 0 Å². The third-order valence-electron chi connectivity index (χ3n) is 13.3. The summed E-state index contributed by atoms with van der Waals surface area (Å²) in [6.45, 7) is 21.3. The van der Waals surface area contributed by atoms with E-state index in [4.69, 9.17) is 17.0 Å². The molecule has 0 aromatic heterocycles. The summed E-state index contributed by atoms with van der Waals surface area (Å²) < 4.78 is -1.79. The van der Waals surface area contributed by atoms with Crippen molar-refractivity contribution in [2.24, 2.45) is 11.8 Å². The first-order valence-corrected chi connectivity index (χ1v) is 31.2. The maximum atomic E-state index is 13.8. The molecule has 4 aromatic rings. The molecule has 2 aliphatic carbocycles. The van der Waals surface area contributed by atoms with E-state index in [-0.39, 0.29) is 36.5 Å². The standard InChI is InChI=1S/2C21H23.C6H11BN2O2.2ClH.Zr/c2*1-5-14(2)18-12-17-9-7-11-20(21(17)13-18)19-10-6-8-15(3)16(19)4;1-3-5(10)8-7-9-6(11)4-2;;;/h2*6-14H,5H2,1-4H3;3-4H2,1-2H3,(H-,8,9,10,11);2*1H;/q;;;;;+1/p-1. The minimum absolute atomic E-state index is 0.131. The summed E-state index contributed by atoms with van der Waals surface area (Å²) in [7, 11) is 18.0. The average Bonchev–Trinajstić information content (AvgIpc) is 3.80. The van der Waals surface area contributed by atoms with Crippen molar-refractivity contribution in [3.8, 4) is 22.3 Å². The average molecular weight is 868 g/mol. The monoisotopic (exact) mass is 865 g/mol. The van der Waals surface area contributed by atoms with E-state index < -0.39 is 27.9 Å². The summed E-state index contributed by atoms with van der Waals surface area (Å²) in [5.41, 5.74) is 16.4. The molecule has 0 spiro atoms. The molecular weight excluding hydrogens is 809 g/mol. The van der Waals surface area contributed by atoms with Gasteiger partial charge < -0.3 is 0 Å². The van der Waals surface area contributed by atoms with Gasteiger partial charge in [-0.3, -0.25) is 0 Å². The van der Waals surface area contributed by atoms with Crippen LogP contribution in [0.3, 0.4) is 0 Å². The second-order valence-electron chi connectivity index (χ2n) is 16.4. The van der Waals surface area contributed by atoms with Gasteiger partial charge >= 0.3 is 346 Å². The molecule has 6 rings (SSSR count). The third-order valence-corrected chi connectivity index (χ3v) is 33.0. The molecule has 0 saturated carbocycles. The van der Waals surface area contributed by atoms with E-state index in [2.05, 4.69) is 151 Å². The second kappa shape index (κ2) is 16.6. The normalized spacial score (nSPS) is 17.8. The van der Waals surface area contributed by atoms with Crippen LogP contribution in [0.5, 0.6) is 0 Å². The number of carbonyl (C=O) groups excluding carboxylic acids is 2. The van der Waals surface area contributed by atoms with Crippen LogP contribution < -0.4 is 10.5 Å². The van der Waals surface area contributed by atoms with E-state index in [0.717, 1.165) is 46.2 Å². The fourth-order valence-electron chi connectivity index (χ4n) is 9.30. The molecule has 293 valence electrons. The van der Waals surface area contributed by atoms with Crippen molar-refractivity contribution in [2.45, 2.75) is 102 Å². The number of carbonyl (C=O) groups is 2. The SMILES string of the molecule is CCC(=O)N[B](NC(=O)CC)[Zr]([Cl])([Cl])([CH]1C(C(C)CC)=Cc2c(-c3cccc(C)c3C)cccc21)[CH]1C(C(C)CC)=Cc2c(-c3cccc(C)c3C)cccc21. The Balaban J connectivity index is 1.76. The van der Waals surface area contributed by atoms with E-state index in [9.17, 15) is 9.59 Å². The van der Waals surface area contributed by atoms with Crippen LogP contribution in [0.25, 0.3) is 34.4 Å². The molecular formula is C48H58BCl2N2O2Zr. The number of benzene rings is 4. The van der Waals surface area contributed by atoms with Gasteiger partial charge in [-0.15, -0.1) is 0 Å². The van der Waals surface area contributed by atoms with Crippen molar-refractivity contribution in [2.75, 3.05) is 0 Å². The Morgan fingerprint density at radius 2 is 0.964 bits per heavy atom. The molecule has 4 aromatic carbocycles. The molecule has 0 bridgehead atoms. The van der Waals surface area contributed by atoms with Crippen LogP contribution in [0, 0.1) is 39.5 Å². The van der Waals surface area contributed by atoms with Gasteiger partial charge in [0.2, 0.25) is 0 Å². The Bertz CT molecular complexity index is 2110. The molecule has 4 atom stereocenters.